The van der Waals surface area contributed by atoms with Crippen molar-refractivity contribution in [3.63, 3.8) is 0 Å². The second-order valence-corrected chi connectivity index (χ2v) is 7.19. The van der Waals surface area contributed by atoms with Crippen molar-refractivity contribution in [3.8, 4) is 0 Å². The molecule has 0 aromatic carbocycles. The molecule has 2 saturated heterocycles. The first kappa shape index (κ1) is 14.7. The molecule has 122 valence electrons. The van der Waals surface area contributed by atoms with E-state index in [1.54, 1.807) is 0 Å². The molecule has 0 bridgehead atoms. The summed E-state index contributed by atoms with van der Waals surface area (Å²) in [6.45, 7) is 3.55. The van der Waals surface area contributed by atoms with E-state index >= 15 is 0 Å². The highest BCUT2D eigenvalue weighted by atomic mass is 16.5. The minimum atomic E-state index is 0.0724. The standard InChI is InChI=1S/C17H27N3O2/c1-20(12-16-14-3-2-4-15(14)18-19-16)13-5-8-22-17(11-13)6-9-21-10-7-17/h13H,2-12H2,1H3,(H,18,19)/t13-/m1/s1. The van der Waals surface area contributed by atoms with Crippen molar-refractivity contribution in [2.24, 2.45) is 0 Å². The lowest BCUT2D eigenvalue weighted by molar-refractivity contribution is -0.150. The maximum absolute atomic E-state index is 6.17. The Morgan fingerprint density at radius 3 is 3.00 bits per heavy atom. The molecule has 0 amide bonds. The van der Waals surface area contributed by atoms with Crippen LogP contribution in [0.15, 0.2) is 0 Å². The third-order valence-corrected chi connectivity index (χ3v) is 5.79. The summed E-state index contributed by atoms with van der Waals surface area (Å²) in [7, 11) is 2.25. The van der Waals surface area contributed by atoms with Crippen LogP contribution in [0.4, 0.5) is 0 Å². The van der Waals surface area contributed by atoms with E-state index in [1.807, 2.05) is 0 Å². The quantitative estimate of drug-likeness (QED) is 0.929. The first-order valence-electron chi connectivity index (χ1n) is 8.73. The van der Waals surface area contributed by atoms with Crippen LogP contribution in [0.25, 0.3) is 0 Å². The Morgan fingerprint density at radius 1 is 1.27 bits per heavy atom. The van der Waals surface area contributed by atoms with Crippen LogP contribution >= 0.6 is 0 Å². The molecular formula is C17H27N3O2. The van der Waals surface area contributed by atoms with Crippen molar-refractivity contribution in [2.75, 3.05) is 26.9 Å². The van der Waals surface area contributed by atoms with E-state index in [9.17, 15) is 0 Å². The van der Waals surface area contributed by atoms with Gasteiger partial charge in [0, 0.05) is 38.1 Å². The monoisotopic (exact) mass is 305 g/mol. The van der Waals surface area contributed by atoms with Crippen LogP contribution in [-0.4, -0.2) is 53.6 Å². The summed E-state index contributed by atoms with van der Waals surface area (Å²) < 4.78 is 11.7. The fraction of sp³-hybridized carbons (Fsp3) is 0.824. The van der Waals surface area contributed by atoms with Crippen LogP contribution < -0.4 is 0 Å². The van der Waals surface area contributed by atoms with Gasteiger partial charge in [-0.1, -0.05) is 0 Å². The Kier molecular flexibility index (Phi) is 3.96. The van der Waals surface area contributed by atoms with Crippen LogP contribution in [0, 0.1) is 0 Å². The van der Waals surface area contributed by atoms with Crippen molar-refractivity contribution in [2.45, 2.75) is 63.1 Å². The van der Waals surface area contributed by atoms with Gasteiger partial charge >= 0.3 is 0 Å². The molecule has 3 aliphatic rings. The van der Waals surface area contributed by atoms with Crippen LogP contribution in [0.1, 0.15) is 49.1 Å². The third-order valence-electron chi connectivity index (χ3n) is 5.79. The van der Waals surface area contributed by atoms with E-state index < -0.39 is 0 Å². The molecule has 1 aromatic heterocycles. The van der Waals surface area contributed by atoms with Crippen LogP contribution in [0.2, 0.25) is 0 Å². The van der Waals surface area contributed by atoms with Crippen molar-refractivity contribution < 1.29 is 9.47 Å². The van der Waals surface area contributed by atoms with Crippen LogP contribution in [-0.2, 0) is 28.9 Å². The average Bonchev–Trinajstić information content (AvgIpc) is 3.13. The molecule has 2 fully saturated rings. The molecule has 1 spiro atoms. The van der Waals surface area contributed by atoms with E-state index in [-0.39, 0.29) is 5.60 Å². The smallest absolute Gasteiger partial charge is 0.0797 e. The molecule has 0 saturated carbocycles. The molecule has 1 atom stereocenters. The van der Waals surface area contributed by atoms with Gasteiger partial charge < -0.3 is 9.47 Å². The van der Waals surface area contributed by atoms with Crippen LogP contribution in [0.3, 0.4) is 0 Å². The molecule has 4 rings (SSSR count). The molecule has 1 aliphatic carbocycles. The topological polar surface area (TPSA) is 50.4 Å². The van der Waals surface area contributed by atoms with Gasteiger partial charge in [0.15, 0.2) is 0 Å². The SMILES string of the molecule is CN(Cc1n[nH]c2c1CCC2)[C@@H]1CCOC2(CCOCC2)C1. The van der Waals surface area contributed by atoms with Gasteiger partial charge in [0.2, 0.25) is 0 Å². The third kappa shape index (κ3) is 2.70. The van der Waals surface area contributed by atoms with E-state index in [4.69, 9.17) is 9.47 Å². The molecule has 22 heavy (non-hydrogen) atoms. The minimum absolute atomic E-state index is 0.0724. The van der Waals surface area contributed by atoms with E-state index in [1.165, 1.54) is 36.2 Å². The number of ether oxygens (including phenoxy) is 2. The second kappa shape index (κ2) is 5.95. The maximum Gasteiger partial charge on any atom is 0.0797 e. The van der Waals surface area contributed by atoms with Crippen LogP contribution in [0.5, 0.6) is 0 Å². The summed E-state index contributed by atoms with van der Waals surface area (Å²) in [5, 5.41) is 7.79. The number of H-pyrrole nitrogens is 1. The zero-order valence-corrected chi connectivity index (χ0v) is 13.6. The van der Waals surface area contributed by atoms with Gasteiger partial charge in [-0.05, 0) is 57.6 Å². The molecule has 3 heterocycles. The van der Waals surface area contributed by atoms with Gasteiger partial charge in [0.05, 0.1) is 11.3 Å². The minimum Gasteiger partial charge on any atom is -0.381 e. The zero-order valence-electron chi connectivity index (χ0n) is 13.6. The number of nitrogens with zero attached hydrogens (tertiary/aromatic N) is 2. The molecule has 5 nitrogen and oxygen atoms in total. The summed E-state index contributed by atoms with van der Waals surface area (Å²) in [6.07, 6.45) is 8.02. The number of fused-ring (bicyclic) bond motifs is 1. The Labute approximate surface area is 132 Å². The van der Waals surface area contributed by atoms with Gasteiger partial charge in [0.1, 0.15) is 0 Å². The second-order valence-electron chi connectivity index (χ2n) is 7.19. The number of nitrogens with one attached hydrogen (secondary N) is 1. The van der Waals surface area contributed by atoms with Crippen molar-refractivity contribution in [3.05, 3.63) is 17.0 Å². The summed E-state index contributed by atoms with van der Waals surface area (Å²) in [4.78, 5) is 2.49. The van der Waals surface area contributed by atoms with Gasteiger partial charge in [-0.2, -0.15) is 5.10 Å². The first-order chi connectivity index (χ1) is 10.8. The molecule has 0 unspecified atom stereocenters. The largest absolute Gasteiger partial charge is 0.381 e. The highest BCUT2D eigenvalue weighted by molar-refractivity contribution is 5.29. The van der Waals surface area contributed by atoms with Gasteiger partial charge in [-0.25, -0.2) is 0 Å². The molecular weight excluding hydrogens is 278 g/mol. The Hall–Kier alpha value is -0.910. The first-order valence-corrected chi connectivity index (χ1v) is 8.73. The lowest BCUT2D eigenvalue weighted by Gasteiger charge is -2.45. The van der Waals surface area contributed by atoms with E-state index in [0.29, 0.717) is 6.04 Å². The Bertz CT molecular complexity index is 516. The summed E-state index contributed by atoms with van der Waals surface area (Å²) in [5.74, 6) is 0. The highest BCUT2D eigenvalue weighted by Crippen LogP contribution is 2.36. The van der Waals surface area contributed by atoms with E-state index in [2.05, 4.69) is 22.1 Å². The number of hydrogen-bond acceptors (Lipinski definition) is 4. The number of aromatic nitrogens is 2. The number of aromatic amines is 1. The maximum atomic E-state index is 6.17. The number of aryl methyl sites for hydroxylation is 1. The molecule has 1 N–H and O–H groups in total. The number of rotatable bonds is 3. The highest BCUT2D eigenvalue weighted by Gasteiger charge is 2.40. The molecule has 2 aliphatic heterocycles. The normalized spacial score (nSPS) is 27.5. The van der Waals surface area contributed by atoms with Gasteiger partial charge in [-0.15, -0.1) is 0 Å². The number of hydrogen-bond donors (Lipinski definition) is 1. The molecule has 0 radical (unpaired) electrons. The van der Waals surface area contributed by atoms with E-state index in [0.717, 1.165) is 52.0 Å². The van der Waals surface area contributed by atoms with Crippen molar-refractivity contribution >= 4 is 0 Å². The fourth-order valence-electron chi connectivity index (χ4n) is 4.35. The molecule has 5 heteroatoms. The Morgan fingerprint density at radius 2 is 2.14 bits per heavy atom. The fourth-order valence-corrected chi connectivity index (χ4v) is 4.35. The summed E-state index contributed by atoms with van der Waals surface area (Å²) in [6, 6.07) is 0.598. The summed E-state index contributed by atoms with van der Waals surface area (Å²) >= 11 is 0. The Balaban J connectivity index is 1.42. The van der Waals surface area contributed by atoms with Crippen molar-refractivity contribution in [1.82, 2.24) is 15.1 Å². The lowest BCUT2D eigenvalue weighted by Crippen LogP contribution is -2.50. The predicted octanol–water partition coefficient (Wildman–Crippen LogP) is 2.06. The molecule has 1 aromatic rings. The zero-order chi connectivity index (χ0) is 15.0. The van der Waals surface area contributed by atoms with Gasteiger partial charge in [-0.3, -0.25) is 10.00 Å². The predicted molar refractivity (Wildman–Crippen MR) is 83.8 cm³/mol. The summed E-state index contributed by atoms with van der Waals surface area (Å²) in [5.41, 5.74) is 4.20. The lowest BCUT2D eigenvalue weighted by atomic mass is 9.83. The van der Waals surface area contributed by atoms with Gasteiger partial charge in [0.25, 0.3) is 0 Å². The average molecular weight is 305 g/mol. The van der Waals surface area contributed by atoms with Crippen molar-refractivity contribution in [1.29, 1.82) is 0 Å².